The highest BCUT2D eigenvalue weighted by Crippen LogP contribution is 2.20. The highest BCUT2D eigenvalue weighted by atomic mass is 32.2. The van der Waals surface area contributed by atoms with Crippen molar-refractivity contribution in [1.82, 2.24) is 0 Å². The summed E-state index contributed by atoms with van der Waals surface area (Å²) in [4.78, 5) is 0.868. The van der Waals surface area contributed by atoms with Gasteiger partial charge in [0, 0.05) is 6.21 Å². The third kappa shape index (κ3) is 4.37. The van der Waals surface area contributed by atoms with Crippen LogP contribution in [0.15, 0.2) is 21.4 Å². The lowest BCUT2D eigenvalue weighted by atomic mass is 10.1. The highest BCUT2D eigenvalue weighted by molar-refractivity contribution is 7.84. The summed E-state index contributed by atoms with van der Waals surface area (Å²) >= 11 is 0. The van der Waals surface area contributed by atoms with Crippen molar-refractivity contribution in [3.8, 4) is 0 Å². The van der Waals surface area contributed by atoms with Crippen LogP contribution >= 0.6 is 0 Å². The van der Waals surface area contributed by atoms with E-state index in [1.807, 2.05) is 20.1 Å². The first-order chi connectivity index (χ1) is 8.56. The van der Waals surface area contributed by atoms with E-state index in [4.69, 9.17) is 0 Å². The fourth-order valence-corrected chi connectivity index (χ4v) is 3.12. The van der Waals surface area contributed by atoms with Crippen LogP contribution in [-0.2, 0) is 11.0 Å². The van der Waals surface area contributed by atoms with Crippen molar-refractivity contribution in [3.63, 3.8) is 0 Å². The minimum Gasteiger partial charge on any atom is -0.229 e. The van der Waals surface area contributed by atoms with E-state index in [0.29, 0.717) is 0 Å². The minimum absolute atomic E-state index is 0.868. The van der Waals surface area contributed by atoms with Gasteiger partial charge in [-0.05, 0) is 44.7 Å². The number of hydrogen-bond acceptors (Lipinski definition) is 1. The Morgan fingerprint density at radius 3 is 2.33 bits per heavy atom. The van der Waals surface area contributed by atoms with Gasteiger partial charge >= 0.3 is 0 Å². The van der Waals surface area contributed by atoms with Crippen molar-refractivity contribution in [2.24, 2.45) is 4.40 Å². The summed E-state index contributed by atoms with van der Waals surface area (Å²) < 4.78 is 16.3. The number of aryl methyl sites for hydroxylation is 3. The average molecular weight is 265 g/mol. The molecule has 0 aliphatic heterocycles. The largest absolute Gasteiger partial charge is 0.229 e. The summed E-state index contributed by atoms with van der Waals surface area (Å²) in [6.07, 6.45) is 6.27. The summed E-state index contributed by atoms with van der Waals surface area (Å²) in [5.41, 5.74) is 3.34. The third-order valence-electron chi connectivity index (χ3n) is 2.89. The summed E-state index contributed by atoms with van der Waals surface area (Å²) in [7, 11) is -1.25. The minimum atomic E-state index is -1.25. The monoisotopic (exact) mass is 265 g/mol. The van der Waals surface area contributed by atoms with Crippen LogP contribution in [-0.4, -0.2) is 10.4 Å². The molecule has 0 fully saturated rings. The van der Waals surface area contributed by atoms with Crippen LogP contribution in [0.4, 0.5) is 0 Å². The Bertz CT molecular complexity index is 429. The van der Waals surface area contributed by atoms with Crippen LogP contribution in [0, 0.1) is 20.8 Å². The molecule has 0 bridgehead atoms. The molecule has 2 nitrogen and oxygen atoms in total. The van der Waals surface area contributed by atoms with Gasteiger partial charge in [0.15, 0.2) is 11.0 Å². The Labute approximate surface area is 113 Å². The molecule has 0 spiro atoms. The zero-order chi connectivity index (χ0) is 13.5. The van der Waals surface area contributed by atoms with Crippen molar-refractivity contribution >= 4 is 17.2 Å². The van der Waals surface area contributed by atoms with E-state index in [0.717, 1.165) is 28.9 Å². The standard InChI is InChI=1S/C15H23NOS/c1-5-6-7-8-9-16-18(17)15-13(3)10-12(2)11-14(15)4/h9-11H,5-8H2,1-4H3/b16-9+. The smallest absolute Gasteiger partial charge is 0.172 e. The van der Waals surface area contributed by atoms with Gasteiger partial charge in [0.2, 0.25) is 0 Å². The van der Waals surface area contributed by atoms with E-state index < -0.39 is 11.0 Å². The van der Waals surface area contributed by atoms with Gasteiger partial charge in [0.25, 0.3) is 0 Å². The second-order valence-electron chi connectivity index (χ2n) is 4.76. The average Bonchev–Trinajstić information content (AvgIpc) is 2.27. The molecule has 1 atom stereocenters. The first-order valence-electron chi connectivity index (χ1n) is 6.58. The van der Waals surface area contributed by atoms with Gasteiger partial charge in [-0.1, -0.05) is 37.5 Å². The molecule has 1 aromatic rings. The van der Waals surface area contributed by atoms with Crippen molar-refractivity contribution < 1.29 is 4.21 Å². The predicted molar refractivity (Wildman–Crippen MR) is 79.7 cm³/mol. The number of rotatable bonds is 6. The van der Waals surface area contributed by atoms with Crippen LogP contribution in [0.1, 0.15) is 49.3 Å². The molecule has 0 aromatic heterocycles. The summed E-state index contributed by atoms with van der Waals surface area (Å²) in [5.74, 6) is 0. The molecule has 0 aliphatic rings. The zero-order valence-electron chi connectivity index (χ0n) is 11.8. The molecule has 1 aromatic carbocycles. The Balaban J connectivity index is 2.73. The second-order valence-corrected chi connectivity index (χ2v) is 5.88. The SMILES string of the molecule is CCCCC/C=N/S(=O)c1c(C)cc(C)cc1C. The van der Waals surface area contributed by atoms with Gasteiger partial charge in [-0.3, -0.25) is 0 Å². The van der Waals surface area contributed by atoms with Crippen molar-refractivity contribution in [2.75, 3.05) is 0 Å². The Morgan fingerprint density at radius 2 is 1.78 bits per heavy atom. The molecule has 0 saturated carbocycles. The van der Waals surface area contributed by atoms with Crippen LogP contribution in [0.5, 0.6) is 0 Å². The zero-order valence-corrected chi connectivity index (χ0v) is 12.6. The molecule has 1 unspecified atom stereocenters. The van der Waals surface area contributed by atoms with Crippen LogP contribution in [0.3, 0.4) is 0 Å². The van der Waals surface area contributed by atoms with E-state index in [1.54, 1.807) is 0 Å². The number of unbranched alkanes of at least 4 members (excludes halogenated alkanes) is 3. The van der Waals surface area contributed by atoms with Crippen LogP contribution in [0.25, 0.3) is 0 Å². The van der Waals surface area contributed by atoms with E-state index in [2.05, 4.69) is 30.4 Å². The fraction of sp³-hybridized carbons (Fsp3) is 0.533. The lowest BCUT2D eigenvalue weighted by Crippen LogP contribution is -1.97. The molecule has 0 saturated heterocycles. The van der Waals surface area contributed by atoms with E-state index >= 15 is 0 Å². The molecular formula is C15H23NOS. The van der Waals surface area contributed by atoms with Crippen molar-refractivity contribution in [1.29, 1.82) is 0 Å². The normalized spacial score (nSPS) is 13.1. The molecule has 3 heteroatoms. The Morgan fingerprint density at radius 1 is 1.17 bits per heavy atom. The molecule has 0 amide bonds. The van der Waals surface area contributed by atoms with Gasteiger partial charge in [0.1, 0.15) is 0 Å². The summed E-state index contributed by atoms with van der Waals surface area (Å²) in [6, 6.07) is 4.12. The fourth-order valence-electron chi connectivity index (χ4n) is 2.10. The topological polar surface area (TPSA) is 29.4 Å². The predicted octanol–water partition coefficient (Wildman–Crippen LogP) is 4.29. The highest BCUT2D eigenvalue weighted by Gasteiger charge is 2.09. The Kier molecular flexibility index (Phi) is 6.27. The van der Waals surface area contributed by atoms with Crippen molar-refractivity contribution in [3.05, 3.63) is 28.8 Å². The molecule has 100 valence electrons. The maximum atomic E-state index is 12.1. The van der Waals surface area contributed by atoms with Gasteiger partial charge < -0.3 is 0 Å². The number of benzene rings is 1. The molecule has 0 N–H and O–H groups in total. The maximum Gasteiger partial charge on any atom is 0.172 e. The molecule has 1 rings (SSSR count). The molecular weight excluding hydrogens is 242 g/mol. The quantitative estimate of drug-likeness (QED) is 0.557. The molecule has 0 aliphatic carbocycles. The summed E-state index contributed by atoms with van der Waals surface area (Å²) in [5, 5.41) is 0. The summed E-state index contributed by atoms with van der Waals surface area (Å²) in [6.45, 7) is 8.23. The van der Waals surface area contributed by atoms with Gasteiger partial charge in [-0.25, -0.2) is 4.21 Å². The van der Waals surface area contributed by atoms with Gasteiger partial charge in [-0.2, -0.15) is 4.40 Å². The number of nitrogens with zero attached hydrogens (tertiary/aromatic N) is 1. The van der Waals surface area contributed by atoms with E-state index in [1.165, 1.54) is 18.4 Å². The first kappa shape index (κ1) is 15.1. The maximum absolute atomic E-state index is 12.1. The molecule has 0 radical (unpaired) electrons. The lowest BCUT2D eigenvalue weighted by Gasteiger charge is -2.07. The van der Waals surface area contributed by atoms with E-state index in [-0.39, 0.29) is 0 Å². The Hall–Kier alpha value is -0.960. The van der Waals surface area contributed by atoms with Gasteiger partial charge in [-0.15, -0.1) is 0 Å². The first-order valence-corrected chi connectivity index (χ1v) is 7.69. The molecule has 0 heterocycles. The van der Waals surface area contributed by atoms with Crippen LogP contribution in [0.2, 0.25) is 0 Å². The van der Waals surface area contributed by atoms with E-state index in [9.17, 15) is 4.21 Å². The van der Waals surface area contributed by atoms with Crippen LogP contribution < -0.4 is 0 Å². The number of hydrogen-bond donors (Lipinski definition) is 0. The van der Waals surface area contributed by atoms with Crippen molar-refractivity contribution in [2.45, 2.75) is 58.3 Å². The lowest BCUT2D eigenvalue weighted by molar-refractivity contribution is 0.683. The van der Waals surface area contributed by atoms with Gasteiger partial charge in [0.05, 0.1) is 4.90 Å². The third-order valence-corrected chi connectivity index (χ3v) is 4.22. The second kappa shape index (κ2) is 7.47. The molecule has 18 heavy (non-hydrogen) atoms.